The third kappa shape index (κ3) is 7.93. The highest BCUT2D eigenvalue weighted by atomic mass is 16.6. The van der Waals surface area contributed by atoms with E-state index < -0.39 is 36.3 Å². The molecule has 2 aliphatic heterocycles. The maximum absolute atomic E-state index is 13.6. The van der Waals surface area contributed by atoms with E-state index in [2.05, 4.69) is 5.32 Å². The Labute approximate surface area is 228 Å². The number of aliphatic hydroxyl groups is 1. The molecule has 2 saturated heterocycles. The molecule has 2 fully saturated rings. The summed E-state index contributed by atoms with van der Waals surface area (Å²) < 4.78 is 16.2. The number of anilines is 1. The van der Waals surface area contributed by atoms with Gasteiger partial charge in [-0.1, -0.05) is 62.4 Å². The van der Waals surface area contributed by atoms with E-state index in [1.54, 1.807) is 12.1 Å². The van der Waals surface area contributed by atoms with Crippen LogP contribution >= 0.6 is 0 Å². The SMILES string of the molecule is CC(C)CN(C[C@@H](O)[C@H](Cc1ccccc1)NC(=O)O[C@H]1CCOC1)C(=O)[C@H]1CN(c2ccccc2)C(=O)O1. The van der Waals surface area contributed by atoms with Crippen molar-refractivity contribution >= 4 is 23.8 Å². The molecule has 3 amide bonds. The quantitative estimate of drug-likeness (QED) is 0.451. The molecule has 0 radical (unpaired) electrons. The van der Waals surface area contributed by atoms with Crippen molar-refractivity contribution in [2.75, 3.05) is 37.7 Å². The molecule has 0 aromatic heterocycles. The third-order valence-electron chi connectivity index (χ3n) is 6.69. The fourth-order valence-corrected chi connectivity index (χ4v) is 4.76. The van der Waals surface area contributed by atoms with Gasteiger partial charge in [-0.2, -0.15) is 0 Å². The average molecular weight is 540 g/mol. The third-order valence-corrected chi connectivity index (χ3v) is 6.69. The van der Waals surface area contributed by atoms with E-state index in [0.717, 1.165) is 5.56 Å². The van der Waals surface area contributed by atoms with Crippen LogP contribution in [0.4, 0.5) is 15.3 Å². The van der Waals surface area contributed by atoms with Crippen molar-refractivity contribution in [2.45, 2.75) is 51.0 Å². The summed E-state index contributed by atoms with van der Waals surface area (Å²) in [4.78, 5) is 41.7. The molecule has 0 saturated carbocycles. The maximum atomic E-state index is 13.6. The number of cyclic esters (lactones) is 1. The van der Waals surface area contributed by atoms with Crippen LogP contribution in [-0.4, -0.2) is 85.3 Å². The Morgan fingerprint density at radius 1 is 1.10 bits per heavy atom. The Morgan fingerprint density at radius 2 is 1.79 bits per heavy atom. The van der Waals surface area contributed by atoms with Crippen molar-refractivity contribution < 1.29 is 33.7 Å². The van der Waals surface area contributed by atoms with Gasteiger partial charge in [-0.3, -0.25) is 9.69 Å². The summed E-state index contributed by atoms with van der Waals surface area (Å²) in [5, 5.41) is 14.1. The number of carbonyl (C=O) groups excluding carboxylic acids is 3. The van der Waals surface area contributed by atoms with Gasteiger partial charge in [0.05, 0.1) is 31.9 Å². The number of nitrogens with zero attached hydrogens (tertiary/aromatic N) is 2. The predicted molar refractivity (Wildman–Crippen MR) is 144 cm³/mol. The Morgan fingerprint density at radius 3 is 2.44 bits per heavy atom. The number of hydrogen-bond donors (Lipinski definition) is 2. The van der Waals surface area contributed by atoms with Crippen LogP contribution in [0.5, 0.6) is 0 Å². The Kier molecular flexibility index (Phi) is 9.78. The fourth-order valence-electron chi connectivity index (χ4n) is 4.76. The maximum Gasteiger partial charge on any atom is 0.415 e. The number of aliphatic hydroxyl groups excluding tert-OH is 1. The number of amides is 3. The number of alkyl carbamates (subject to hydrolysis) is 1. The minimum atomic E-state index is -1.11. The number of hydrogen-bond acceptors (Lipinski definition) is 7. The van der Waals surface area contributed by atoms with Crippen LogP contribution in [0.2, 0.25) is 0 Å². The fraction of sp³-hybridized carbons (Fsp3) is 0.483. The van der Waals surface area contributed by atoms with Gasteiger partial charge in [-0.15, -0.1) is 0 Å². The monoisotopic (exact) mass is 539 g/mol. The molecular weight excluding hydrogens is 502 g/mol. The van der Waals surface area contributed by atoms with Crippen LogP contribution in [0.25, 0.3) is 0 Å². The van der Waals surface area contributed by atoms with Gasteiger partial charge in [-0.05, 0) is 30.0 Å². The van der Waals surface area contributed by atoms with Gasteiger partial charge >= 0.3 is 12.2 Å². The van der Waals surface area contributed by atoms with Crippen molar-refractivity contribution in [1.82, 2.24) is 10.2 Å². The lowest BCUT2D eigenvalue weighted by molar-refractivity contribution is -0.140. The Balaban J connectivity index is 1.46. The summed E-state index contributed by atoms with van der Waals surface area (Å²) in [6.07, 6.45) is -2.72. The van der Waals surface area contributed by atoms with Gasteiger partial charge in [0.15, 0.2) is 6.10 Å². The second-order valence-corrected chi connectivity index (χ2v) is 10.4. The summed E-state index contributed by atoms with van der Waals surface area (Å²) in [5.41, 5.74) is 1.56. The van der Waals surface area contributed by atoms with Gasteiger partial charge in [0.25, 0.3) is 5.91 Å². The summed E-state index contributed by atoms with van der Waals surface area (Å²) in [5.74, 6) is -0.296. The Hall–Kier alpha value is -3.63. The number of nitrogens with one attached hydrogen (secondary N) is 1. The minimum absolute atomic E-state index is 0.0548. The second kappa shape index (κ2) is 13.4. The van der Waals surface area contributed by atoms with Gasteiger partial charge < -0.3 is 29.5 Å². The van der Waals surface area contributed by atoms with Gasteiger partial charge in [-0.25, -0.2) is 9.59 Å². The smallest absolute Gasteiger partial charge is 0.415 e. The second-order valence-electron chi connectivity index (χ2n) is 10.4. The lowest BCUT2D eigenvalue weighted by Crippen LogP contribution is -2.53. The largest absolute Gasteiger partial charge is 0.444 e. The first-order valence-electron chi connectivity index (χ1n) is 13.4. The van der Waals surface area contributed by atoms with E-state index >= 15 is 0 Å². The predicted octanol–water partition coefficient (Wildman–Crippen LogP) is 2.98. The molecule has 10 heteroatoms. The van der Waals surface area contributed by atoms with Crippen LogP contribution in [-0.2, 0) is 25.4 Å². The molecular formula is C29H37N3O7. The van der Waals surface area contributed by atoms with E-state index in [1.807, 2.05) is 62.4 Å². The molecule has 0 spiro atoms. The lowest BCUT2D eigenvalue weighted by Gasteiger charge is -2.32. The molecule has 4 rings (SSSR count). The standard InChI is InChI=1S/C29H37N3O7/c1-20(2)16-31(27(34)26-18-32(29(36)39-26)22-11-7-4-8-12-22)17-25(33)24(15-21-9-5-3-6-10-21)30-28(35)38-23-13-14-37-19-23/h3-12,20,23-26,33H,13-19H2,1-2H3,(H,30,35)/t23-,24-,25+,26+/m0/s1. The lowest BCUT2D eigenvalue weighted by atomic mass is 10.0. The summed E-state index contributed by atoms with van der Waals surface area (Å²) >= 11 is 0. The number of carbonyl (C=O) groups is 3. The van der Waals surface area contributed by atoms with Gasteiger partial charge in [0.2, 0.25) is 0 Å². The molecule has 210 valence electrons. The molecule has 10 nitrogen and oxygen atoms in total. The van der Waals surface area contributed by atoms with Crippen molar-refractivity contribution in [3.8, 4) is 0 Å². The zero-order valence-electron chi connectivity index (χ0n) is 22.4. The normalized spacial score (nSPS) is 20.4. The summed E-state index contributed by atoms with van der Waals surface area (Å²) in [7, 11) is 0. The molecule has 4 atom stereocenters. The van der Waals surface area contributed by atoms with Crippen molar-refractivity contribution in [2.24, 2.45) is 5.92 Å². The molecule has 0 unspecified atom stereocenters. The van der Waals surface area contributed by atoms with Crippen LogP contribution in [0.15, 0.2) is 60.7 Å². The van der Waals surface area contributed by atoms with Crippen LogP contribution < -0.4 is 10.2 Å². The molecule has 0 bridgehead atoms. The first kappa shape index (κ1) is 28.4. The zero-order valence-corrected chi connectivity index (χ0v) is 22.4. The zero-order chi connectivity index (χ0) is 27.8. The molecule has 2 aromatic rings. The van der Waals surface area contributed by atoms with Crippen LogP contribution in [0, 0.1) is 5.92 Å². The van der Waals surface area contributed by atoms with Crippen LogP contribution in [0.3, 0.4) is 0 Å². The first-order valence-corrected chi connectivity index (χ1v) is 13.4. The van der Waals surface area contributed by atoms with E-state index in [-0.39, 0.29) is 25.1 Å². The molecule has 2 aromatic carbocycles. The number of para-hydroxylation sites is 1. The topological polar surface area (TPSA) is 118 Å². The van der Waals surface area contributed by atoms with Gasteiger partial charge in [0.1, 0.15) is 6.10 Å². The molecule has 0 aliphatic carbocycles. The van der Waals surface area contributed by atoms with Crippen LogP contribution in [0.1, 0.15) is 25.8 Å². The Bertz CT molecular complexity index is 1090. The average Bonchev–Trinajstić information content (AvgIpc) is 3.57. The molecule has 2 aliphatic rings. The highest BCUT2D eigenvalue weighted by Crippen LogP contribution is 2.23. The number of rotatable bonds is 11. The number of benzene rings is 2. The molecule has 2 N–H and O–H groups in total. The van der Waals surface area contributed by atoms with Gasteiger partial charge in [0, 0.05) is 25.2 Å². The van der Waals surface area contributed by atoms with E-state index in [0.29, 0.717) is 38.3 Å². The summed E-state index contributed by atoms with van der Waals surface area (Å²) in [6.45, 7) is 5.17. The summed E-state index contributed by atoms with van der Waals surface area (Å²) in [6, 6.07) is 17.8. The van der Waals surface area contributed by atoms with E-state index in [1.165, 1.54) is 9.80 Å². The van der Waals surface area contributed by atoms with Crippen molar-refractivity contribution in [3.05, 3.63) is 66.2 Å². The van der Waals surface area contributed by atoms with Crippen molar-refractivity contribution in [1.29, 1.82) is 0 Å². The highest BCUT2D eigenvalue weighted by Gasteiger charge is 2.40. The van der Waals surface area contributed by atoms with E-state index in [9.17, 15) is 19.5 Å². The molecule has 39 heavy (non-hydrogen) atoms. The minimum Gasteiger partial charge on any atom is -0.444 e. The first-order chi connectivity index (χ1) is 18.8. The molecule has 2 heterocycles. The van der Waals surface area contributed by atoms with Crippen molar-refractivity contribution in [3.63, 3.8) is 0 Å². The number of ether oxygens (including phenoxy) is 3. The highest BCUT2D eigenvalue weighted by molar-refractivity contribution is 5.95. The van der Waals surface area contributed by atoms with E-state index in [4.69, 9.17) is 14.2 Å².